The third-order valence-electron chi connectivity index (χ3n) is 6.14. The quantitative estimate of drug-likeness (QED) is 0.444. The molecule has 2 N–H and O–H groups in total. The fraction of sp³-hybridized carbons (Fsp3) is 0.370. The van der Waals surface area contributed by atoms with Crippen molar-refractivity contribution in [2.45, 2.75) is 57.9 Å². The summed E-state index contributed by atoms with van der Waals surface area (Å²) in [6, 6.07) is 20.3. The number of rotatable bonds is 8. The summed E-state index contributed by atoms with van der Waals surface area (Å²) >= 11 is 1.48. The zero-order valence-electron chi connectivity index (χ0n) is 19.3. The van der Waals surface area contributed by atoms with E-state index in [4.69, 9.17) is 4.98 Å². The highest BCUT2D eigenvalue weighted by molar-refractivity contribution is 7.16. The Hall–Kier alpha value is -2.99. The Morgan fingerprint density at radius 1 is 1.00 bits per heavy atom. The number of anilines is 1. The summed E-state index contributed by atoms with van der Waals surface area (Å²) in [5, 5.41) is 6.42. The number of amides is 2. The van der Waals surface area contributed by atoms with Gasteiger partial charge in [-0.3, -0.25) is 14.9 Å². The molecule has 5 nitrogen and oxygen atoms in total. The molecule has 1 aliphatic rings. The minimum atomic E-state index is -1.02. The van der Waals surface area contributed by atoms with Gasteiger partial charge in [-0.1, -0.05) is 73.5 Å². The maximum absolute atomic E-state index is 13.1. The number of nitrogens with one attached hydrogen (secondary N) is 2. The van der Waals surface area contributed by atoms with Crippen LogP contribution in [0.2, 0.25) is 0 Å². The lowest BCUT2D eigenvalue weighted by molar-refractivity contribution is -0.129. The zero-order chi connectivity index (χ0) is 23.3. The lowest BCUT2D eigenvalue weighted by Gasteiger charge is -2.25. The topological polar surface area (TPSA) is 71.1 Å². The molecule has 1 fully saturated rings. The Labute approximate surface area is 199 Å². The first kappa shape index (κ1) is 23.2. The maximum atomic E-state index is 13.1. The van der Waals surface area contributed by atoms with Crippen LogP contribution in [0, 0.1) is 5.92 Å². The molecule has 1 aromatic heterocycles. The summed E-state index contributed by atoms with van der Waals surface area (Å²) in [5.41, 5.74) is 2.07. The highest BCUT2D eigenvalue weighted by Gasteiger charge is 2.31. The van der Waals surface area contributed by atoms with E-state index in [-0.39, 0.29) is 11.8 Å². The van der Waals surface area contributed by atoms with Crippen molar-refractivity contribution in [3.63, 3.8) is 0 Å². The van der Waals surface area contributed by atoms with Gasteiger partial charge in [0, 0.05) is 23.3 Å². The lowest BCUT2D eigenvalue weighted by Crippen LogP contribution is -2.52. The van der Waals surface area contributed by atoms with Crippen molar-refractivity contribution in [1.29, 1.82) is 0 Å². The van der Waals surface area contributed by atoms with Gasteiger partial charge in [0.25, 0.3) is 5.91 Å². The van der Waals surface area contributed by atoms with Crippen LogP contribution in [-0.2, 0) is 16.0 Å². The van der Waals surface area contributed by atoms with E-state index in [0.717, 1.165) is 35.4 Å². The van der Waals surface area contributed by atoms with E-state index >= 15 is 0 Å². The standard InChI is InChI=1S/C27H31N3O2S/c1-27(2,30-23(31)18-20-13-9-10-14-20)25(32)29-26-28-24(21-15-7-4-8-16-21)22(33-26)17-19-11-5-3-6-12-19/h3-8,11-12,15-16,20H,9-10,13-14,17-18H2,1-2H3,(H,30,31)(H,28,29,32). The first-order valence-electron chi connectivity index (χ1n) is 11.6. The molecule has 172 valence electrons. The van der Waals surface area contributed by atoms with Gasteiger partial charge in [-0.2, -0.15) is 0 Å². The Bertz CT molecular complexity index is 1090. The number of hydrogen-bond acceptors (Lipinski definition) is 4. The van der Waals surface area contributed by atoms with Crippen molar-refractivity contribution in [1.82, 2.24) is 10.3 Å². The molecule has 3 aromatic rings. The van der Waals surface area contributed by atoms with Crippen molar-refractivity contribution >= 4 is 28.3 Å². The summed E-state index contributed by atoms with van der Waals surface area (Å²) in [7, 11) is 0. The van der Waals surface area contributed by atoms with Gasteiger partial charge in [0.2, 0.25) is 5.91 Å². The normalized spacial score (nSPS) is 14.2. The van der Waals surface area contributed by atoms with Gasteiger partial charge in [0.15, 0.2) is 5.13 Å². The fourth-order valence-corrected chi connectivity index (χ4v) is 5.33. The molecule has 2 aromatic carbocycles. The van der Waals surface area contributed by atoms with Gasteiger partial charge in [0.1, 0.15) is 5.54 Å². The highest BCUT2D eigenvalue weighted by Crippen LogP contribution is 2.33. The smallest absolute Gasteiger partial charge is 0.251 e. The number of nitrogens with zero attached hydrogens (tertiary/aromatic N) is 1. The number of carbonyl (C=O) groups is 2. The van der Waals surface area contributed by atoms with Gasteiger partial charge in [-0.15, -0.1) is 11.3 Å². The summed E-state index contributed by atoms with van der Waals surface area (Å²) in [6.45, 7) is 3.48. The third-order valence-corrected chi connectivity index (χ3v) is 7.11. The molecule has 33 heavy (non-hydrogen) atoms. The van der Waals surface area contributed by atoms with Crippen LogP contribution in [0.15, 0.2) is 60.7 Å². The molecular formula is C27H31N3O2S. The molecule has 1 saturated carbocycles. The number of carbonyl (C=O) groups excluding carboxylic acids is 2. The second-order valence-corrected chi connectivity index (χ2v) is 10.4. The van der Waals surface area contributed by atoms with E-state index in [1.807, 2.05) is 48.5 Å². The van der Waals surface area contributed by atoms with E-state index in [0.29, 0.717) is 17.5 Å². The Balaban J connectivity index is 1.49. The van der Waals surface area contributed by atoms with E-state index in [9.17, 15) is 9.59 Å². The molecule has 0 aliphatic heterocycles. The van der Waals surface area contributed by atoms with Gasteiger partial charge < -0.3 is 5.32 Å². The monoisotopic (exact) mass is 461 g/mol. The van der Waals surface area contributed by atoms with E-state index in [1.165, 1.54) is 29.7 Å². The molecule has 4 rings (SSSR count). The molecule has 1 heterocycles. The van der Waals surface area contributed by atoms with Crippen LogP contribution in [0.5, 0.6) is 0 Å². The van der Waals surface area contributed by atoms with E-state index in [2.05, 4.69) is 22.8 Å². The summed E-state index contributed by atoms with van der Waals surface area (Å²) in [4.78, 5) is 31.4. The van der Waals surface area contributed by atoms with Crippen molar-refractivity contribution in [2.75, 3.05) is 5.32 Å². The number of aromatic nitrogens is 1. The molecule has 0 atom stereocenters. The SMILES string of the molecule is CC(C)(NC(=O)CC1CCCC1)C(=O)Nc1nc(-c2ccccc2)c(Cc2ccccc2)s1. The molecule has 1 aliphatic carbocycles. The first-order valence-corrected chi connectivity index (χ1v) is 12.4. The zero-order valence-corrected chi connectivity index (χ0v) is 20.1. The second kappa shape index (κ2) is 10.3. The van der Waals surface area contributed by atoms with Crippen LogP contribution in [-0.4, -0.2) is 22.3 Å². The first-order chi connectivity index (χ1) is 15.9. The largest absolute Gasteiger partial charge is 0.342 e. The van der Waals surface area contributed by atoms with E-state index in [1.54, 1.807) is 13.8 Å². The molecular weight excluding hydrogens is 430 g/mol. The van der Waals surface area contributed by atoms with Crippen molar-refractivity contribution in [2.24, 2.45) is 5.92 Å². The molecule has 0 saturated heterocycles. The predicted molar refractivity (Wildman–Crippen MR) is 134 cm³/mol. The Morgan fingerprint density at radius 3 is 2.30 bits per heavy atom. The Morgan fingerprint density at radius 2 is 1.64 bits per heavy atom. The lowest BCUT2D eigenvalue weighted by atomic mass is 10.0. The molecule has 0 radical (unpaired) electrons. The molecule has 0 bridgehead atoms. The number of hydrogen-bond donors (Lipinski definition) is 2. The molecule has 0 spiro atoms. The van der Waals surface area contributed by atoms with Crippen LogP contribution in [0.25, 0.3) is 11.3 Å². The van der Waals surface area contributed by atoms with Crippen LogP contribution in [0.1, 0.15) is 56.4 Å². The third kappa shape index (κ3) is 6.08. The minimum absolute atomic E-state index is 0.0593. The molecule has 0 unspecified atom stereocenters. The van der Waals surface area contributed by atoms with E-state index < -0.39 is 5.54 Å². The second-order valence-electron chi connectivity index (χ2n) is 9.30. The predicted octanol–water partition coefficient (Wildman–Crippen LogP) is 5.81. The fourth-order valence-electron chi connectivity index (χ4n) is 4.31. The van der Waals surface area contributed by atoms with Crippen molar-refractivity contribution in [3.05, 3.63) is 71.1 Å². The van der Waals surface area contributed by atoms with Crippen LogP contribution in [0.3, 0.4) is 0 Å². The van der Waals surface area contributed by atoms with Crippen LogP contribution < -0.4 is 10.6 Å². The number of benzene rings is 2. The summed E-state index contributed by atoms with van der Waals surface area (Å²) in [5.74, 6) is 0.120. The van der Waals surface area contributed by atoms with Gasteiger partial charge in [-0.05, 0) is 38.2 Å². The van der Waals surface area contributed by atoms with Crippen molar-refractivity contribution < 1.29 is 9.59 Å². The highest BCUT2D eigenvalue weighted by atomic mass is 32.1. The molecule has 2 amide bonds. The average Bonchev–Trinajstić information content (AvgIpc) is 3.44. The average molecular weight is 462 g/mol. The van der Waals surface area contributed by atoms with Crippen LogP contribution >= 0.6 is 11.3 Å². The summed E-state index contributed by atoms with van der Waals surface area (Å²) in [6.07, 6.45) is 5.83. The molecule has 6 heteroatoms. The van der Waals surface area contributed by atoms with Gasteiger partial charge in [0.05, 0.1) is 5.69 Å². The minimum Gasteiger partial charge on any atom is -0.342 e. The van der Waals surface area contributed by atoms with Gasteiger partial charge in [-0.25, -0.2) is 4.98 Å². The van der Waals surface area contributed by atoms with Crippen molar-refractivity contribution in [3.8, 4) is 11.3 Å². The van der Waals surface area contributed by atoms with Gasteiger partial charge >= 0.3 is 0 Å². The van der Waals surface area contributed by atoms with Crippen LogP contribution in [0.4, 0.5) is 5.13 Å². The Kier molecular flexibility index (Phi) is 7.23. The number of thiazole rings is 1. The summed E-state index contributed by atoms with van der Waals surface area (Å²) < 4.78 is 0. The maximum Gasteiger partial charge on any atom is 0.251 e.